The summed E-state index contributed by atoms with van der Waals surface area (Å²) in [5.41, 5.74) is 0. The Morgan fingerprint density at radius 1 is 0.417 bits per heavy atom. The normalized spacial score (nSPS) is 9.92. The van der Waals surface area contributed by atoms with Crippen LogP contribution in [0.2, 0.25) is 0 Å². The average molecular weight is 683 g/mol. The van der Waals surface area contributed by atoms with Crippen molar-refractivity contribution in [1.29, 1.82) is 0 Å². The number of rotatable bonds is 20. The third-order valence-corrected chi connectivity index (χ3v) is 5.33. The van der Waals surface area contributed by atoms with Crippen molar-refractivity contribution in [3.63, 3.8) is 0 Å². The molecule has 0 aromatic carbocycles. The van der Waals surface area contributed by atoms with Gasteiger partial charge in [-0.05, 0) is 26.0 Å². The van der Waals surface area contributed by atoms with Gasteiger partial charge in [-0.3, -0.25) is 38.4 Å². The Hall–Kier alpha value is -4.36. The lowest BCUT2D eigenvalue weighted by Gasteiger charge is -2.06. The zero-order valence-corrected chi connectivity index (χ0v) is 30.8. The van der Waals surface area contributed by atoms with Crippen LogP contribution in [0, 0.1) is 11.8 Å². The molecule has 14 nitrogen and oxygen atoms in total. The molecular formula is C34H62N6O8. The van der Waals surface area contributed by atoms with Gasteiger partial charge in [-0.25, -0.2) is 0 Å². The molecule has 276 valence electrons. The smallest absolute Gasteiger partial charge is 0.244 e. The van der Waals surface area contributed by atoms with E-state index < -0.39 is 11.8 Å². The Labute approximate surface area is 287 Å². The first kappa shape index (κ1) is 50.5. The highest BCUT2D eigenvalue weighted by Gasteiger charge is 2.07. The van der Waals surface area contributed by atoms with Crippen LogP contribution in [0.1, 0.15) is 94.9 Å². The van der Waals surface area contributed by atoms with Crippen LogP contribution in [-0.4, -0.2) is 86.3 Å². The van der Waals surface area contributed by atoms with E-state index in [-0.39, 0.29) is 98.9 Å². The lowest BCUT2D eigenvalue weighted by molar-refractivity contribution is -0.124. The highest BCUT2D eigenvalue weighted by atomic mass is 16.2. The standard InChI is InChI=1S/2C15H25N3O4.2C2H6/c2*1-4-16-14(21)7-9-18-15(22)8-10-17-13(20)6-5-12(19)11(2)3;2*1-2/h2*5-6,11H,4,7-10H2,1-3H3,(H,16,21)(H,17,20)(H,18,22);2*1-2H3/b6-5+;6-5-;;. The molecule has 0 fully saturated rings. The number of amides is 6. The van der Waals surface area contributed by atoms with Crippen molar-refractivity contribution in [2.45, 2.75) is 94.9 Å². The number of hydrogen-bond donors (Lipinski definition) is 6. The Morgan fingerprint density at radius 3 is 0.917 bits per heavy atom. The van der Waals surface area contributed by atoms with Crippen molar-refractivity contribution in [2.75, 3.05) is 39.3 Å². The van der Waals surface area contributed by atoms with Crippen molar-refractivity contribution >= 4 is 47.0 Å². The molecule has 0 saturated carbocycles. The fraction of sp³-hybridized carbons (Fsp3) is 0.647. The van der Waals surface area contributed by atoms with Crippen LogP contribution in [-0.2, 0) is 38.4 Å². The first-order chi connectivity index (χ1) is 22.7. The molecule has 0 radical (unpaired) electrons. The quantitative estimate of drug-likeness (QED) is 0.104. The Morgan fingerprint density at radius 2 is 0.667 bits per heavy atom. The minimum absolute atomic E-state index is 0.115. The fourth-order valence-corrected chi connectivity index (χ4v) is 2.80. The Kier molecular flexibility index (Phi) is 37.3. The van der Waals surface area contributed by atoms with E-state index in [1.54, 1.807) is 27.7 Å². The summed E-state index contributed by atoms with van der Waals surface area (Å²) >= 11 is 0. The zero-order valence-electron chi connectivity index (χ0n) is 30.8. The number of nitrogens with one attached hydrogen (secondary N) is 6. The molecule has 0 saturated heterocycles. The Balaban J connectivity index is -0.000000365. The van der Waals surface area contributed by atoms with Gasteiger partial charge in [0.15, 0.2) is 11.6 Å². The van der Waals surface area contributed by atoms with Gasteiger partial charge >= 0.3 is 0 Å². The molecule has 0 aliphatic rings. The van der Waals surface area contributed by atoms with Gasteiger partial charge < -0.3 is 31.9 Å². The Bertz CT molecular complexity index is 943. The summed E-state index contributed by atoms with van der Waals surface area (Å²) in [4.78, 5) is 90.6. The van der Waals surface area contributed by atoms with Crippen molar-refractivity contribution < 1.29 is 38.4 Å². The largest absolute Gasteiger partial charge is 0.356 e. The number of allylic oxidation sites excluding steroid dienone is 2. The molecular weight excluding hydrogens is 620 g/mol. The summed E-state index contributed by atoms with van der Waals surface area (Å²) in [6.07, 6.45) is 5.47. The van der Waals surface area contributed by atoms with E-state index in [9.17, 15) is 38.4 Å². The summed E-state index contributed by atoms with van der Waals surface area (Å²) in [5, 5.41) is 15.4. The maximum Gasteiger partial charge on any atom is 0.244 e. The molecule has 0 aromatic heterocycles. The predicted molar refractivity (Wildman–Crippen MR) is 189 cm³/mol. The number of carbonyl (C=O) groups excluding carboxylic acids is 8. The molecule has 0 atom stereocenters. The molecule has 14 heteroatoms. The van der Waals surface area contributed by atoms with Crippen molar-refractivity contribution in [1.82, 2.24) is 31.9 Å². The summed E-state index contributed by atoms with van der Waals surface area (Å²) in [6.45, 7) is 20.6. The lowest BCUT2D eigenvalue weighted by atomic mass is 10.1. The monoisotopic (exact) mass is 682 g/mol. The second-order valence-corrected chi connectivity index (χ2v) is 9.97. The van der Waals surface area contributed by atoms with Crippen LogP contribution in [0.3, 0.4) is 0 Å². The van der Waals surface area contributed by atoms with Crippen LogP contribution in [0.4, 0.5) is 0 Å². The maximum absolute atomic E-state index is 11.5. The molecule has 0 rings (SSSR count). The van der Waals surface area contributed by atoms with Gasteiger partial charge in [-0.15, -0.1) is 0 Å². The van der Waals surface area contributed by atoms with E-state index in [0.29, 0.717) is 13.1 Å². The second-order valence-electron chi connectivity index (χ2n) is 9.97. The van der Waals surface area contributed by atoms with E-state index in [1.807, 2.05) is 41.5 Å². The molecule has 0 heterocycles. The lowest BCUT2D eigenvalue weighted by Crippen LogP contribution is -2.33. The summed E-state index contributed by atoms with van der Waals surface area (Å²) < 4.78 is 0. The van der Waals surface area contributed by atoms with Gasteiger partial charge in [0.1, 0.15) is 0 Å². The van der Waals surface area contributed by atoms with E-state index in [4.69, 9.17) is 0 Å². The molecule has 0 aliphatic heterocycles. The molecule has 48 heavy (non-hydrogen) atoms. The number of carbonyl (C=O) groups is 8. The van der Waals surface area contributed by atoms with Crippen LogP contribution in [0.25, 0.3) is 0 Å². The van der Waals surface area contributed by atoms with Gasteiger partial charge in [0, 0.05) is 88.9 Å². The maximum atomic E-state index is 11.5. The highest BCUT2D eigenvalue weighted by molar-refractivity contribution is 5.99. The van der Waals surface area contributed by atoms with Gasteiger partial charge in [-0.1, -0.05) is 55.4 Å². The topological polar surface area (TPSA) is 209 Å². The first-order valence-electron chi connectivity index (χ1n) is 16.8. The third-order valence-electron chi connectivity index (χ3n) is 5.33. The van der Waals surface area contributed by atoms with Crippen molar-refractivity contribution in [2.24, 2.45) is 11.8 Å². The molecule has 0 unspecified atom stereocenters. The first-order valence-corrected chi connectivity index (χ1v) is 16.8. The fourth-order valence-electron chi connectivity index (χ4n) is 2.80. The van der Waals surface area contributed by atoms with Crippen LogP contribution >= 0.6 is 0 Å². The molecule has 6 amide bonds. The van der Waals surface area contributed by atoms with E-state index in [0.717, 1.165) is 12.2 Å². The molecule has 0 aliphatic carbocycles. The number of ketones is 2. The number of hydrogen-bond acceptors (Lipinski definition) is 8. The third kappa shape index (κ3) is 36.1. The van der Waals surface area contributed by atoms with Gasteiger partial charge in [0.2, 0.25) is 35.4 Å². The zero-order chi connectivity index (χ0) is 37.9. The van der Waals surface area contributed by atoms with Crippen LogP contribution in [0.5, 0.6) is 0 Å². The molecule has 0 aromatic rings. The van der Waals surface area contributed by atoms with E-state index in [2.05, 4.69) is 31.9 Å². The van der Waals surface area contributed by atoms with Crippen molar-refractivity contribution in [3.05, 3.63) is 24.3 Å². The van der Waals surface area contributed by atoms with Gasteiger partial charge in [-0.2, -0.15) is 0 Å². The van der Waals surface area contributed by atoms with Gasteiger partial charge in [0.05, 0.1) is 0 Å². The molecule has 0 bridgehead atoms. The van der Waals surface area contributed by atoms with Crippen LogP contribution < -0.4 is 31.9 Å². The second kappa shape index (κ2) is 35.5. The summed E-state index contributed by atoms with van der Waals surface area (Å²) in [7, 11) is 0. The summed E-state index contributed by atoms with van der Waals surface area (Å²) in [6, 6.07) is 0. The predicted octanol–water partition coefficient (Wildman–Crippen LogP) is 1.89. The van der Waals surface area contributed by atoms with Gasteiger partial charge in [0.25, 0.3) is 0 Å². The minimum Gasteiger partial charge on any atom is -0.356 e. The minimum atomic E-state index is -0.413. The summed E-state index contributed by atoms with van der Waals surface area (Å²) in [5.74, 6) is -2.10. The molecule has 6 N–H and O–H groups in total. The van der Waals surface area contributed by atoms with E-state index >= 15 is 0 Å². The average Bonchev–Trinajstić information content (AvgIpc) is 3.04. The molecule has 0 spiro atoms. The highest BCUT2D eigenvalue weighted by Crippen LogP contribution is 1.95. The van der Waals surface area contributed by atoms with Crippen LogP contribution in [0.15, 0.2) is 24.3 Å². The van der Waals surface area contributed by atoms with E-state index in [1.165, 1.54) is 12.2 Å². The van der Waals surface area contributed by atoms with Crippen molar-refractivity contribution in [3.8, 4) is 0 Å². The SMILES string of the molecule is CC.CC.CCNC(=O)CCNC(=O)CCNC(=O)/C=C/C(=O)C(C)C.CCNC(=O)CCNC(=O)CCNC(=O)/C=C\C(=O)C(C)C.